The number of thioether (sulfide) groups is 1. The van der Waals surface area contributed by atoms with E-state index in [4.69, 9.17) is 29.7 Å². The van der Waals surface area contributed by atoms with Crippen LogP contribution in [0.2, 0.25) is 0 Å². The van der Waals surface area contributed by atoms with Crippen molar-refractivity contribution in [3.8, 4) is 6.07 Å². The minimum atomic E-state index is -2.92. The molecule has 2 unspecified atom stereocenters. The number of pyridine rings is 1. The SMILES string of the molecule is N#CC1(N)CC1.[B]C(F)C(=N)SC(=N)c1cnn2c(N3CCN(C(=O)N(C)C)CC3)c(F)c(S(=O)[O-])cc12. The van der Waals surface area contributed by atoms with Crippen LogP contribution >= 0.6 is 11.8 Å². The van der Waals surface area contributed by atoms with Crippen LogP contribution in [0.4, 0.5) is 19.4 Å². The summed E-state index contributed by atoms with van der Waals surface area (Å²) in [6.07, 6.45) is 0.933. The minimum Gasteiger partial charge on any atom is -0.768 e. The zero-order valence-corrected chi connectivity index (χ0v) is 22.2. The molecule has 0 spiro atoms. The van der Waals surface area contributed by atoms with E-state index in [-0.39, 0.29) is 54.2 Å². The average molecular weight is 564 g/mol. The molecular formula is C21H25BF2N9O3S2-. The molecule has 3 heterocycles. The van der Waals surface area contributed by atoms with Crippen LogP contribution in [0.1, 0.15) is 18.4 Å². The van der Waals surface area contributed by atoms with Crippen molar-refractivity contribution >= 4 is 58.1 Å². The molecule has 2 atom stereocenters. The number of aromatic nitrogens is 2. The van der Waals surface area contributed by atoms with Gasteiger partial charge in [0.05, 0.1) is 33.3 Å². The van der Waals surface area contributed by atoms with Crippen LogP contribution in [0.25, 0.3) is 5.52 Å². The average Bonchev–Trinajstić information content (AvgIpc) is 3.47. The van der Waals surface area contributed by atoms with Gasteiger partial charge in [-0.25, -0.2) is 13.7 Å². The second kappa shape index (κ2) is 11.8. The Hall–Kier alpha value is -3.07. The Kier molecular flexibility index (Phi) is 9.13. The molecule has 1 saturated heterocycles. The highest BCUT2D eigenvalue weighted by atomic mass is 32.2. The first kappa shape index (κ1) is 29.5. The number of fused-ring (bicyclic) bond motifs is 1. The summed E-state index contributed by atoms with van der Waals surface area (Å²) >= 11 is -2.47. The molecule has 2 aromatic heterocycles. The Morgan fingerprint density at radius 3 is 2.42 bits per heavy atom. The van der Waals surface area contributed by atoms with E-state index in [1.807, 2.05) is 6.07 Å². The van der Waals surface area contributed by atoms with Gasteiger partial charge in [-0.05, 0) is 30.0 Å². The number of amides is 2. The molecule has 0 bridgehead atoms. The fourth-order valence-corrected chi connectivity index (χ4v) is 4.53. The molecule has 1 saturated carbocycles. The van der Waals surface area contributed by atoms with Crippen LogP contribution in [-0.4, -0.2) is 104 Å². The zero-order chi connectivity index (χ0) is 28.4. The van der Waals surface area contributed by atoms with E-state index in [2.05, 4.69) is 5.10 Å². The summed E-state index contributed by atoms with van der Waals surface area (Å²) in [5, 5.41) is 27.0. The van der Waals surface area contributed by atoms with E-state index in [1.165, 1.54) is 15.6 Å². The van der Waals surface area contributed by atoms with Gasteiger partial charge in [0, 0.05) is 40.3 Å². The predicted octanol–water partition coefficient (Wildman–Crippen LogP) is 1.02. The summed E-state index contributed by atoms with van der Waals surface area (Å²) in [7, 11) is 8.26. The highest BCUT2D eigenvalue weighted by Gasteiger charge is 2.38. The lowest BCUT2D eigenvalue weighted by Gasteiger charge is -2.37. The molecule has 38 heavy (non-hydrogen) atoms. The molecule has 17 heteroatoms. The molecule has 12 nitrogen and oxygen atoms in total. The quantitative estimate of drug-likeness (QED) is 0.213. The molecule has 202 valence electrons. The molecule has 2 aromatic rings. The molecule has 4 rings (SSSR count). The van der Waals surface area contributed by atoms with Crippen LogP contribution in [0.3, 0.4) is 0 Å². The van der Waals surface area contributed by atoms with Crippen molar-refractivity contribution in [2.45, 2.75) is 29.3 Å². The van der Waals surface area contributed by atoms with Crippen molar-refractivity contribution in [2.24, 2.45) is 5.73 Å². The summed E-state index contributed by atoms with van der Waals surface area (Å²) in [4.78, 5) is 16.1. The Labute approximate surface area is 225 Å². The number of nitrogens with two attached hydrogens (primary N) is 1. The van der Waals surface area contributed by atoms with Crippen molar-refractivity contribution in [1.29, 1.82) is 16.1 Å². The Morgan fingerprint density at radius 1 is 1.37 bits per heavy atom. The van der Waals surface area contributed by atoms with Crippen LogP contribution in [0.15, 0.2) is 17.2 Å². The highest BCUT2D eigenvalue weighted by Crippen LogP contribution is 2.31. The normalized spacial score (nSPS) is 17.6. The van der Waals surface area contributed by atoms with Crippen molar-refractivity contribution in [3.05, 3.63) is 23.6 Å². The van der Waals surface area contributed by atoms with Crippen molar-refractivity contribution < 1.29 is 22.3 Å². The van der Waals surface area contributed by atoms with Crippen molar-refractivity contribution in [2.75, 3.05) is 45.2 Å². The van der Waals surface area contributed by atoms with Gasteiger partial charge in [-0.15, -0.1) is 0 Å². The first-order valence-electron chi connectivity index (χ1n) is 11.3. The number of nitrogens with one attached hydrogen (secondary N) is 2. The van der Waals surface area contributed by atoms with Gasteiger partial charge in [0.1, 0.15) is 24.5 Å². The maximum atomic E-state index is 15.2. The first-order valence-corrected chi connectivity index (χ1v) is 13.1. The molecule has 2 radical (unpaired) electrons. The van der Waals surface area contributed by atoms with E-state index in [0.717, 1.165) is 18.9 Å². The number of alkyl halides is 1. The molecule has 4 N–H and O–H groups in total. The number of nitriles is 1. The molecule has 1 aliphatic heterocycles. The van der Waals surface area contributed by atoms with Crippen molar-refractivity contribution in [3.63, 3.8) is 0 Å². The molecule has 2 fully saturated rings. The second-order valence-corrected chi connectivity index (χ2v) is 10.8. The summed E-state index contributed by atoms with van der Waals surface area (Å²) in [5.74, 6) is -1.13. The van der Waals surface area contributed by atoms with E-state index >= 15 is 4.39 Å². The third-order valence-corrected chi connectivity index (χ3v) is 7.34. The van der Waals surface area contributed by atoms with E-state index in [9.17, 15) is 17.9 Å². The van der Waals surface area contributed by atoms with Gasteiger partial charge < -0.3 is 25.0 Å². The number of nitrogens with zero attached hydrogens (tertiary/aromatic N) is 6. The van der Waals surface area contributed by atoms with Crippen LogP contribution in [0, 0.1) is 28.0 Å². The monoisotopic (exact) mass is 564 g/mol. The maximum Gasteiger partial charge on any atom is 0.319 e. The maximum absolute atomic E-state index is 15.2. The minimum absolute atomic E-state index is 0.0924. The Balaban J connectivity index is 0.000000585. The number of rotatable bonds is 4. The fourth-order valence-electron chi connectivity index (χ4n) is 3.49. The number of carbonyl (C=O) groups is 1. The van der Waals surface area contributed by atoms with Crippen molar-refractivity contribution in [1.82, 2.24) is 19.4 Å². The predicted molar refractivity (Wildman–Crippen MR) is 140 cm³/mol. The smallest absolute Gasteiger partial charge is 0.319 e. The van der Waals surface area contributed by atoms with E-state index in [1.54, 1.807) is 23.9 Å². The second-order valence-electron chi connectivity index (χ2n) is 8.85. The van der Waals surface area contributed by atoms with Gasteiger partial charge in [-0.3, -0.25) is 19.4 Å². The standard InChI is InChI=1S/C17H20BF2N7O3S2.C4H6N2/c1-24(2)17(28)26-5-3-25(4-6-26)16-12(19)11(32(29)30)7-10-9(8-23-27(10)16)14(21)31-15(22)13(18)20;5-3-4(6)1-2-4/h7-8,13,21-22H,3-6H2,1-2H3,(H,29,30);1-2,6H2/p-1. The van der Waals surface area contributed by atoms with E-state index < -0.39 is 38.4 Å². The number of halogens is 2. The van der Waals surface area contributed by atoms with Gasteiger partial charge in [-0.1, -0.05) is 11.8 Å². The highest BCUT2D eigenvalue weighted by molar-refractivity contribution is 8.27. The molecular weight excluding hydrogens is 539 g/mol. The largest absolute Gasteiger partial charge is 0.768 e. The number of carbonyl (C=O) groups excluding carboxylic acids is 1. The number of anilines is 1. The number of hydrogen-bond acceptors (Lipinski definition) is 10. The lowest BCUT2D eigenvalue weighted by atomic mass is 10.0. The Bertz CT molecular complexity index is 1320. The zero-order valence-electron chi connectivity index (χ0n) is 20.6. The van der Waals surface area contributed by atoms with Crippen LogP contribution in [0.5, 0.6) is 0 Å². The number of urea groups is 1. The van der Waals surface area contributed by atoms with Gasteiger partial charge >= 0.3 is 6.03 Å². The van der Waals surface area contributed by atoms with Gasteiger partial charge in [-0.2, -0.15) is 10.4 Å². The first-order chi connectivity index (χ1) is 17.8. The molecule has 2 aliphatic rings. The summed E-state index contributed by atoms with van der Waals surface area (Å²) in [5.41, 5.74) is 5.08. The molecule has 1 aliphatic carbocycles. The van der Waals surface area contributed by atoms with Crippen LogP contribution < -0.4 is 10.6 Å². The third kappa shape index (κ3) is 6.49. The molecule has 2 amide bonds. The fraction of sp³-hybridized carbons (Fsp3) is 0.476. The summed E-state index contributed by atoms with van der Waals surface area (Å²) in [6.45, 7) is 1.02. The molecule has 0 aromatic carbocycles. The number of piperazine rings is 1. The third-order valence-electron chi connectivity index (χ3n) is 5.82. The topological polar surface area (TPSA) is 182 Å². The Morgan fingerprint density at radius 2 is 1.97 bits per heavy atom. The summed E-state index contributed by atoms with van der Waals surface area (Å²) < 4.78 is 52.9. The summed E-state index contributed by atoms with van der Waals surface area (Å²) in [6, 6.07) is 2.84. The van der Waals surface area contributed by atoms with E-state index in [0.29, 0.717) is 11.8 Å². The van der Waals surface area contributed by atoms with Gasteiger partial charge in [0.15, 0.2) is 11.6 Å². The van der Waals surface area contributed by atoms with Crippen LogP contribution in [-0.2, 0) is 11.1 Å². The number of hydrogen-bond donors (Lipinski definition) is 3. The lowest BCUT2D eigenvalue weighted by molar-refractivity contribution is 0.167. The van der Waals surface area contributed by atoms with Gasteiger partial charge in [0.2, 0.25) is 0 Å². The lowest BCUT2D eigenvalue weighted by Crippen LogP contribution is -2.52. The van der Waals surface area contributed by atoms with Gasteiger partial charge in [0.25, 0.3) is 0 Å².